The van der Waals surface area contributed by atoms with Gasteiger partial charge in [0.15, 0.2) is 11.2 Å². The molecule has 0 radical (unpaired) electrons. The molecule has 1 aromatic heterocycles. The van der Waals surface area contributed by atoms with Crippen LogP contribution in [0.3, 0.4) is 0 Å². The van der Waals surface area contributed by atoms with E-state index >= 15 is 0 Å². The number of carbonyl (C=O) groups is 1. The van der Waals surface area contributed by atoms with E-state index in [1.807, 2.05) is 0 Å². The van der Waals surface area contributed by atoms with Crippen LogP contribution in [0.2, 0.25) is 0 Å². The molecule has 24 heavy (non-hydrogen) atoms. The lowest BCUT2D eigenvalue weighted by molar-refractivity contribution is -0.385. The molecule has 0 spiro atoms. The molecule has 0 aliphatic heterocycles. The predicted octanol–water partition coefficient (Wildman–Crippen LogP) is 3.26. The third-order valence-electron chi connectivity index (χ3n) is 3.52. The molecule has 1 amide bonds. The number of anilines is 1. The summed E-state index contributed by atoms with van der Waals surface area (Å²) < 4.78 is 5.43. The van der Waals surface area contributed by atoms with Crippen molar-refractivity contribution in [3.8, 4) is 0 Å². The van der Waals surface area contributed by atoms with Gasteiger partial charge in [0.25, 0.3) is 11.6 Å². The molecule has 0 atom stereocenters. The topological polar surface area (TPSA) is 102 Å². The standard InChI is InChI=1S/C17H12N2O5/c1-10-6-7-11(8-13(10)19(22)23)18-17(21)16-9-14(20)12-4-2-3-5-15(12)24-16/h2-9H,1H3,(H,18,21). The van der Waals surface area contributed by atoms with E-state index < -0.39 is 10.8 Å². The molecule has 0 saturated heterocycles. The number of nitro groups is 1. The highest BCUT2D eigenvalue weighted by molar-refractivity contribution is 6.03. The summed E-state index contributed by atoms with van der Waals surface area (Å²) in [5, 5.41) is 13.8. The molecule has 0 aliphatic rings. The van der Waals surface area contributed by atoms with Gasteiger partial charge in [-0.15, -0.1) is 0 Å². The second-order valence-corrected chi connectivity index (χ2v) is 5.18. The fourth-order valence-corrected chi connectivity index (χ4v) is 2.29. The Morgan fingerprint density at radius 1 is 1.17 bits per heavy atom. The lowest BCUT2D eigenvalue weighted by atomic mass is 10.2. The van der Waals surface area contributed by atoms with Crippen LogP contribution in [0.25, 0.3) is 11.0 Å². The number of carbonyl (C=O) groups excluding carboxylic acids is 1. The summed E-state index contributed by atoms with van der Waals surface area (Å²) in [4.78, 5) is 34.7. The Labute approximate surface area is 135 Å². The van der Waals surface area contributed by atoms with Crippen molar-refractivity contribution in [2.24, 2.45) is 0 Å². The van der Waals surface area contributed by atoms with Gasteiger partial charge < -0.3 is 9.73 Å². The van der Waals surface area contributed by atoms with E-state index in [1.165, 1.54) is 12.1 Å². The van der Waals surface area contributed by atoms with Gasteiger partial charge in [-0.3, -0.25) is 19.7 Å². The van der Waals surface area contributed by atoms with Crippen molar-refractivity contribution in [2.45, 2.75) is 6.92 Å². The zero-order chi connectivity index (χ0) is 17.3. The first-order chi connectivity index (χ1) is 11.5. The molecule has 0 bridgehead atoms. The largest absolute Gasteiger partial charge is 0.451 e. The van der Waals surface area contributed by atoms with E-state index in [0.29, 0.717) is 16.5 Å². The van der Waals surface area contributed by atoms with Crippen molar-refractivity contribution >= 4 is 28.3 Å². The lowest BCUT2D eigenvalue weighted by Crippen LogP contribution is -2.15. The number of nitrogens with zero attached hydrogens (tertiary/aromatic N) is 1. The Kier molecular flexibility index (Phi) is 3.83. The molecule has 7 nitrogen and oxygen atoms in total. The highest BCUT2D eigenvalue weighted by Gasteiger charge is 2.15. The van der Waals surface area contributed by atoms with Crippen molar-refractivity contribution in [1.29, 1.82) is 0 Å². The number of hydrogen-bond acceptors (Lipinski definition) is 5. The van der Waals surface area contributed by atoms with Gasteiger partial charge in [0, 0.05) is 23.4 Å². The minimum atomic E-state index is -0.656. The molecule has 0 fully saturated rings. The average molecular weight is 324 g/mol. The van der Waals surface area contributed by atoms with Gasteiger partial charge in [-0.1, -0.05) is 18.2 Å². The van der Waals surface area contributed by atoms with Gasteiger partial charge in [-0.25, -0.2) is 0 Å². The van der Waals surface area contributed by atoms with Crippen LogP contribution in [-0.2, 0) is 0 Å². The molecular formula is C17H12N2O5. The van der Waals surface area contributed by atoms with Gasteiger partial charge in [0.2, 0.25) is 0 Å². The molecule has 120 valence electrons. The number of amides is 1. The summed E-state index contributed by atoms with van der Waals surface area (Å²) in [6.07, 6.45) is 0. The van der Waals surface area contributed by atoms with E-state index in [1.54, 1.807) is 37.3 Å². The van der Waals surface area contributed by atoms with Crippen molar-refractivity contribution in [2.75, 3.05) is 5.32 Å². The average Bonchev–Trinajstić information content (AvgIpc) is 2.56. The van der Waals surface area contributed by atoms with Crippen molar-refractivity contribution in [3.05, 3.63) is 80.2 Å². The maximum atomic E-state index is 12.3. The van der Waals surface area contributed by atoms with Crippen LogP contribution in [-0.4, -0.2) is 10.8 Å². The number of nitrogens with one attached hydrogen (secondary N) is 1. The van der Waals surface area contributed by atoms with Crippen LogP contribution >= 0.6 is 0 Å². The minimum Gasteiger partial charge on any atom is -0.451 e. The zero-order valence-corrected chi connectivity index (χ0v) is 12.6. The normalized spacial score (nSPS) is 10.5. The van der Waals surface area contributed by atoms with Crippen LogP contribution in [0.1, 0.15) is 16.1 Å². The van der Waals surface area contributed by atoms with Gasteiger partial charge in [-0.2, -0.15) is 0 Å². The Morgan fingerprint density at radius 3 is 2.67 bits per heavy atom. The molecule has 3 rings (SSSR count). The lowest BCUT2D eigenvalue weighted by Gasteiger charge is -2.06. The summed E-state index contributed by atoms with van der Waals surface area (Å²) in [6.45, 7) is 1.60. The number of nitro benzene ring substituents is 1. The molecular weight excluding hydrogens is 312 g/mol. The monoisotopic (exact) mass is 324 g/mol. The number of hydrogen-bond donors (Lipinski definition) is 1. The highest BCUT2D eigenvalue weighted by Crippen LogP contribution is 2.23. The number of benzene rings is 2. The maximum Gasteiger partial charge on any atom is 0.291 e. The summed E-state index contributed by atoms with van der Waals surface area (Å²) in [7, 11) is 0. The van der Waals surface area contributed by atoms with Gasteiger partial charge in [-0.05, 0) is 25.1 Å². The summed E-state index contributed by atoms with van der Waals surface area (Å²) >= 11 is 0. The Morgan fingerprint density at radius 2 is 1.92 bits per heavy atom. The Balaban J connectivity index is 1.94. The van der Waals surface area contributed by atoms with E-state index in [9.17, 15) is 19.7 Å². The second kappa shape index (κ2) is 5.96. The van der Waals surface area contributed by atoms with Crippen LogP contribution in [0.5, 0.6) is 0 Å². The van der Waals surface area contributed by atoms with Gasteiger partial charge >= 0.3 is 0 Å². The van der Waals surface area contributed by atoms with Crippen LogP contribution in [0.4, 0.5) is 11.4 Å². The molecule has 0 aliphatic carbocycles. The van der Waals surface area contributed by atoms with Gasteiger partial charge in [0.05, 0.1) is 10.3 Å². The van der Waals surface area contributed by atoms with E-state index in [-0.39, 0.29) is 22.6 Å². The molecule has 2 aromatic carbocycles. The van der Waals surface area contributed by atoms with E-state index in [0.717, 1.165) is 6.07 Å². The highest BCUT2D eigenvalue weighted by atomic mass is 16.6. The molecule has 0 saturated carbocycles. The van der Waals surface area contributed by atoms with Crippen LogP contribution in [0, 0.1) is 17.0 Å². The maximum absolute atomic E-state index is 12.3. The smallest absolute Gasteiger partial charge is 0.291 e. The van der Waals surface area contributed by atoms with Crippen molar-refractivity contribution in [1.82, 2.24) is 0 Å². The zero-order valence-electron chi connectivity index (χ0n) is 12.6. The number of fused-ring (bicyclic) bond motifs is 1. The molecule has 1 heterocycles. The van der Waals surface area contributed by atoms with Crippen molar-refractivity contribution < 1.29 is 14.1 Å². The first-order valence-electron chi connectivity index (χ1n) is 7.05. The number of rotatable bonds is 3. The van der Waals surface area contributed by atoms with E-state index in [4.69, 9.17) is 4.42 Å². The summed E-state index contributed by atoms with van der Waals surface area (Å²) in [5.41, 5.74) is 0.582. The molecule has 7 heteroatoms. The predicted molar refractivity (Wildman–Crippen MR) is 88.3 cm³/mol. The quantitative estimate of drug-likeness (QED) is 0.588. The molecule has 3 aromatic rings. The molecule has 0 unspecified atom stereocenters. The van der Waals surface area contributed by atoms with E-state index in [2.05, 4.69) is 5.32 Å². The van der Waals surface area contributed by atoms with Crippen molar-refractivity contribution in [3.63, 3.8) is 0 Å². The van der Waals surface area contributed by atoms with Crippen LogP contribution < -0.4 is 10.7 Å². The third kappa shape index (κ3) is 2.87. The SMILES string of the molecule is Cc1ccc(NC(=O)c2cc(=O)c3ccccc3o2)cc1[N+](=O)[O-]. The second-order valence-electron chi connectivity index (χ2n) is 5.18. The Hall–Kier alpha value is -3.48. The number of para-hydroxylation sites is 1. The summed E-state index contributed by atoms with van der Waals surface area (Å²) in [5.74, 6) is -0.821. The fourth-order valence-electron chi connectivity index (χ4n) is 2.29. The first kappa shape index (κ1) is 15.4. The third-order valence-corrected chi connectivity index (χ3v) is 3.52. The Bertz CT molecular complexity index is 1020. The summed E-state index contributed by atoms with van der Waals surface area (Å²) in [6, 6.07) is 12.0. The first-order valence-corrected chi connectivity index (χ1v) is 7.05. The number of aryl methyl sites for hydroxylation is 1. The van der Waals surface area contributed by atoms with Crippen LogP contribution in [0.15, 0.2) is 57.7 Å². The minimum absolute atomic E-state index is 0.104. The van der Waals surface area contributed by atoms with Gasteiger partial charge in [0.1, 0.15) is 5.58 Å². The molecule has 1 N–H and O–H groups in total. The fraction of sp³-hybridized carbons (Fsp3) is 0.0588.